The quantitative estimate of drug-likeness (QED) is 0.607. The molecule has 0 aromatic heterocycles. The molecule has 6 heteroatoms. The summed E-state index contributed by atoms with van der Waals surface area (Å²) in [6.07, 6.45) is -0.308. The number of carbonyl (C=O) groups is 2. The van der Waals surface area contributed by atoms with Crippen molar-refractivity contribution >= 4 is 11.9 Å². The first-order chi connectivity index (χ1) is 7.35. The molecule has 4 unspecified atom stereocenters. The van der Waals surface area contributed by atoms with Gasteiger partial charge in [-0.2, -0.15) is 0 Å². The molecule has 0 aromatic carbocycles. The van der Waals surface area contributed by atoms with E-state index in [4.69, 9.17) is 0 Å². The van der Waals surface area contributed by atoms with E-state index in [1.54, 1.807) is 0 Å². The van der Waals surface area contributed by atoms with Gasteiger partial charge >= 0.3 is 5.97 Å². The van der Waals surface area contributed by atoms with Crippen LogP contribution < -0.4 is 5.32 Å². The van der Waals surface area contributed by atoms with E-state index in [0.717, 1.165) is 11.5 Å². The molecule has 2 N–H and O–H groups in total. The SMILES string of the molecule is CC1CC1(C)NC(=O)C1C(=O)ON(C)C1O. The smallest absolute Gasteiger partial charge is 0.341 e. The van der Waals surface area contributed by atoms with Gasteiger partial charge in [0.2, 0.25) is 5.91 Å². The van der Waals surface area contributed by atoms with Gasteiger partial charge in [-0.3, -0.25) is 4.79 Å². The molecule has 0 spiro atoms. The third-order valence-electron chi connectivity index (χ3n) is 3.51. The van der Waals surface area contributed by atoms with Crippen LogP contribution >= 0.6 is 0 Å². The molecule has 6 nitrogen and oxygen atoms in total. The average Bonchev–Trinajstić information content (AvgIpc) is 2.62. The first kappa shape index (κ1) is 11.3. The van der Waals surface area contributed by atoms with Gasteiger partial charge in [0.25, 0.3) is 0 Å². The lowest BCUT2D eigenvalue weighted by Crippen LogP contribution is -2.45. The summed E-state index contributed by atoms with van der Waals surface area (Å²) in [5.41, 5.74) is -0.238. The predicted molar refractivity (Wildman–Crippen MR) is 53.7 cm³/mol. The Morgan fingerprint density at radius 1 is 1.69 bits per heavy atom. The summed E-state index contributed by atoms with van der Waals surface area (Å²) in [4.78, 5) is 27.8. The number of rotatable bonds is 2. The minimum Gasteiger partial charge on any atom is -0.374 e. The van der Waals surface area contributed by atoms with Crippen molar-refractivity contribution in [3.63, 3.8) is 0 Å². The lowest BCUT2D eigenvalue weighted by Gasteiger charge is -2.17. The molecule has 90 valence electrons. The van der Waals surface area contributed by atoms with E-state index < -0.39 is 24.0 Å². The van der Waals surface area contributed by atoms with Crippen molar-refractivity contribution in [2.24, 2.45) is 11.8 Å². The van der Waals surface area contributed by atoms with Gasteiger partial charge < -0.3 is 15.3 Å². The highest BCUT2D eigenvalue weighted by Gasteiger charge is 2.52. The maximum Gasteiger partial charge on any atom is 0.341 e. The highest BCUT2D eigenvalue weighted by molar-refractivity contribution is 5.99. The Bertz CT molecular complexity index is 346. The summed E-state index contributed by atoms with van der Waals surface area (Å²) in [7, 11) is 1.41. The number of nitrogens with zero attached hydrogens (tertiary/aromatic N) is 1. The summed E-state index contributed by atoms with van der Waals surface area (Å²) >= 11 is 0. The maximum absolute atomic E-state index is 11.8. The lowest BCUT2D eigenvalue weighted by atomic mass is 10.1. The number of aliphatic hydroxyl groups is 1. The van der Waals surface area contributed by atoms with Crippen molar-refractivity contribution in [2.45, 2.75) is 32.0 Å². The molecule has 1 amide bonds. The van der Waals surface area contributed by atoms with Gasteiger partial charge in [-0.05, 0) is 19.3 Å². The van der Waals surface area contributed by atoms with E-state index >= 15 is 0 Å². The van der Waals surface area contributed by atoms with Gasteiger partial charge in [0.15, 0.2) is 12.1 Å². The number of nitrogens with one attached hydrogen (secondary N) is 1. The van der Waals surface area contributed by atoms with Crippen molar-refractivity contribution in [1.82, 2.24) is 10.4 Å². The number of carbonyl (C=O) groups excluding carboxylic acids is 2. The predicted octanol–water partition coefficient (Wildman–Crippen LogP) is -0.761. The highest BCUT2D eigenvalue weighted by Crippen LogP contribution is 2.42. The molecule has 1 heterocycles. The fourth-order valence-corrected chi connectivity index (χ4v) is 1.94. The minimum atomic E-state index is -1.20. The summed E-state index contributed by atoms with van der Waals surface area (Å²) in [5, 5.41) is 13.4. The van der Waals surface area contributed by atoms with E-state index in [1.807, 2.05) is 13.8 Å². The Morgan fingerprint density at radius 2 is 2.25 bits per heavy atom. The summed E-state index contributed by atoms with van der Waals surface area (Å²) in [6, 6.07) is 0. The average molecular weight is 228 g/mol. The van der Waals surface area contributed by atoms with Crippen LogP contribution in [0.4, 0.5) is 0 Å². The third-order valence-corrected chi connectivity index (χ3v) is 3.51. The Kier molecular flexibility index (Phi) is 2.43. The standard InChI is InChI=1S/C10H16N2O4/c1-5-4-10(5,2)11-7(13)6-8(14)12(3)16-9(6)15/h5-6,8,14H,4H2,1-3H3,(H,11,13). The van der Waals surface area contributed by atoms with Crippen LogP contribution in [0.1, 0.15) is 20.3 Å². The van der Waals surface area contributed by atoms with Crippen molar-refractivity contribution in [3.8, 4) is 0 Å². The van der Waals surface area contributed by atoms with E-state index in [-0.39, 0.29) is 5.54 Å². The second-order valence-corrected chi connectivity index (χ2v) is 4.86. The van der Waals surface area contributed by atoms with Crippen LogP contribution in [0, 0.1) is 11.8 Å². The molecule has 1 saturated heterocycles. The van der Waals surface area contributed by atoms with E-state index in [1.165, 1.54) is 7.05 Å². The first-order valence-corrected chi connectivity index (χ1v) is 5.30. The lowest BCUT2D eigenvalue weighted by molar-refractivity contribution is -0.183. The Balaban J connectivity index is 2.02. The second kappa shape index (κ2) is 3.43. The fourth-order valence-electron chi connectivity index (χ4n) is 1.94. The molecule has 2 aliphatic rings. The molecule has 1 aliphatic heterocycles. The van der Waals surface area contributed by atoms with E-state index in [9.17, 15) is 14.7 Å². The normalized spacial score (nSPS) is 43.0. The van der Waals surface area contributed by atoms with Crippen LogP contribution in [0.2, 0.25) is 0 Å². The van der Waals surface area contributed by atoms with Crippen molar-refractivity contribution in [1.29, 1.82) is 0 Å². The highest BCUT2D eigenvalue weighted by atomic mass is 16.7. The minimum absolute atomic E-state index is 0.238. The van der Waals surface area contributed by atoms with Crippen LogP contribution in [0.3, 0.4) is 0 Å². The number of hydrogen-bond acceptors (Lipinski definition) is 5. The van der Waals surface area contributed by atoms with Crippen molar-refractivity contribution < 1.29 is 19.5 Å². The number of hydroxylamine groups is 2. The number of amides is 1. The third kappa shape index (κ3) is 1.68. The van der Waals surface area contributed by atoms with E-state index in [0.29, 0.717) is 5.92 Å². The van der Waals surface area contributed by atoms with Crippen molar-refractivity contribution in [2.75, 3.05) is 7.05 Å². The largest absolute Gasteiger partial charge is 0.374 e. The molecular formula is C10H16N2O4. The Hall–Kier alpha value is -1.14. The van der Waals surface area contributed by atoms with Gasteiger partial charge in [0, 0.05) is 12.6 Å². The topological polar surface area (TPSA) is 78.9 Å². The monoisotopic (exact) mass is 228 g/mol. The molecule has 1 aliphatic carbocycles. The van der Waals surface area contributed by atoms with Crippen LogP contribution in [0.5, 0.6) is 0 Å². The van der Waals surface area contributed by atoms with E-state index in [2.05, 4.69) is 10.2 Å². The zero-order chi connectivity index (χ0) is 12.1. The van der Waals surface area contributed by atoms with Gasteiger partial charge in [0.05, 0.1) is 0 Å². The zero-order valence-corrected chi connectivity index (χ0v) is 9.56. The Morgan fingerprint density at radius 3 is 2.62 bits per heavy atom. The van der Waals surface area contributed by atoms with Crippen LogP contribution in [0.25, 0.3) is 0 Å². The summed E-state index contributed by atoms with van der Waals surface area (Å²) in [6.45, 7) is 3.95. The summed E-state index contributed by atoms with van der Waals surface area (Å²) < 4.78 is 0. The van der Waals surface area contributed by atoms with Crippen LogP contribution in [-0.4, -0.2) is 40.9 Å². The maximum atomic E-state index is 11.8. The number of aliphatic hydroxyl groups excluding tert-OH is 1. The molecule has 0 bridgehead atoms. The zero-order valence-electron chi connectivity index (χ0n) is 9.56. The molecule has 1 saturated carbocycles. The first-order valence-electron chi connectivity index (χ1n) is 5.30. The Labute approximate surface area is 93.5 Å². The van der Waals surface area contributed by atoms with Gasteiger partial charge in [-0.1, -0.05) is 6.92 Å². The molecule has 4 atom stereocenters. The molecule has 16 heavy (non-hydrogen) atoms. The second-order valence-electron chi connectivity index (χ2n) is 4.86. The molecule has 2 fully saturated rings. The van der Waals surface area contributed by atoms with Gasteiger partial charge in [0.1, 0.15) is 0 Å². The fraction of sp³-hybridized carbons (Fsp3) is 0.800. The van der Waals surface area contributed by atoms with Gasteiger partial charge in [-0.25, -0.2) is 4.79 Å². The van der Waals surface area contributed by atoms with Crippen LogP contribution in [-0.2, 0) is 14.4 Å². The molecular weight excluding hydrogens is 212 g/mol. The van der Waals surface area contributed by atoms with Crippen molar-refractivity contribution in [3.05, 3.63) is 0 Å². The molecule has 2 rings (SSSR count). The van der Waals surface area contributed by atoms with Crippen LogP contribution in [0.15, 0.2) is 0 Å². The molecule has 0 radical (unpaired) electrons. The van der Waals surface area contributed by atoms with Gasteiger partial charge in [-0.15, -0.1) is 5.06 Å². The molecule has 0 aromatic rings. The number of hydrogen-bond donors (Lipinski definition) is 2. The summed E-state index contributed by atoms with van der Waals surface area (Å²) in [5.74, 6) is -1.91.